The van der Waals surface area contributed by atoms with Crippen molar-refractivity contribution in [3.05, 3.63) is 67.9 Å². The fourth-order valence-corrected chi connectivity index (χ4v) is 4.99. The summed E-state index contributed by atoms with van der Waals surface area (Å²) < 4.78 is 11.7. The van der Waals surface area contributed by atoms with Crippen LogP contribution in [0.15, 0.2) is 51.5 Å². The lowest BCUT2D eigenvalue weighted by molar-refractivity contribution is -0.119. The number of benzene rings is 1. The van der Waals surface area contributed by atoms with Crippen LogP contribution < -0.4 is 5.73 Å². The number of halogens is 3. The van der Waals surface area contributed by atoms with Gasteiger partial charge in [0.05, 0.1) is 21.5 Å². The first kappa shape index (κ1) is 20.9. The van der Waals surface area contributed by atoms with Crippen molar-refractivity contribution in [1.29, 1.82) is 5.26 Å². The number of furan rings is 1. The molecule has 4 rings (SSSR count). The summed E-state index contributed by atoms with van der Waals surface area (Å²) in [7, 11) is 0. The molecular weight excluding hydrogens is 447 g/mol. The molecule has 5 nitrogen and oxygen atoms in total. The number of hydrogen-bond donors (Lipinski definition) is 1. The predicted octanol–water partition coefficient (Wildman–Crippen LogP) is 6.36. The van der Waals surface area contributed by atoms with Gasteiger partial charge in [0.1, 0.15) is 28.9 Å². The average molecular weight is 464 g/mol. The number of ketones is 1. The number of carbonyl (C=O) groups excluding carboxylic acids is 1. The van der Waals surface area contributed by atoms with Crippen LogP contribution in [0.2, 0.25) is 15.1 Å². The lowest BCUT2D eigenvalue weighted by Gasteiger charge is -2.36. The first-order valence-electron chi connectivity index (χ1n) is 9.20. The number of ether oxygens (including phenoxy) is 1. The Kier molecular flexibility index (Phi) is 5.14. The van der Waals surface area contributed by atoms with Crippen molar-refractivity contribution in [2.45, 2.75) is 32.6 Å². The summed E-state index contributed by atoms with van der Waals surface area (Å²) in [5.74, 6) is 0.402. The maximum absolute atomic E-state index is 13.0. The number of nitrogens with zero attached hydrogens (tertiary/aromatic N) is 1. The predicted molar refractivity (Wildman–Crippen MR) is 115 cm³/mol. The molecule has 1 aliphatic heterocycles. The first-order chi connectivity index (χ1) is 14.1. The summed E-state index contributed by atoms with van der Waals surface area (Å²) >= 11 is 18.6. The maximum Gasteiger partial charge on any atom is 0.205 e. The van der Waals surface area contributed by atoms with Crippen molar-refractivity contribution < 1.29 is 13.9 Å². The number of hydrogen-bond acceptors (Lipinski definition) is 5. The summed E-state index contributed by atoms with van der Waals surface area (Å²) in [6.07, 6.45) is 0.874. The van der Waals surface area contributed by atoms with E-state index in [1.54, 1.807) is 24.3 Å². The van der Waals surface area contributed by atoms with E-state index in [0.717, 1.165) is 0 Å². The van der Waals surface area contributed by atoms with Crippen molar-refractivity contribution in [3.8, 4) is 17.4 Å². The molecule has 1 atom stereocenters. The summed E-state index contributed by atoms with van der Waals surface area (Å²) in [6, 6.07) is 8.57. The van der Waals surface area contributed by atoms with Gasteiger partial charge in [-0.3, -0.25) is 4.79 Å². The van der Waals surface area contributed by atoms with E-state index in [1.165, 1.54) is 0 Å². The molecule has 2 aromatic rings. The van der Waals surface area contributed by atoms with E-state index >= 15 is 0 Å². The smallest absolute Gasteiger partial charge is 0.205 e. The van der Waals surface area contributed by atoms with Crippen LogP contribution in [-0.4, -0.2) is 5.78 Å². The Morgan fingerprint density at radius 2 is 1.83 bits per heavy atom. The third kappa shape index (κ3) is 3.50. The Bertz CT molecular complexity index is 1160. The molecule has 1 aliphatic carbocycles. The van der Waals surface area contributed by atoms with E-state index in [2.05, 4.69) is 6.07 Å². The summed E-state index contributed by atoms with van der Waals surface area (Å²) in [5, 5.41) is 10.8. The summed E-state index contributed by atoms with van der Waals surface area (Å²) in [4.78, 5) is 13.0. The molecule has 1 aromatic heterocycles. The molecule has 0 amide bonds. The summed E-state index contributed by atoms with van der Waals surface area (Å²) in [6.45, 7) is 3.98. The molecule has 154 valence electrons. The second-order valence-electron chi connectivity index (χ2n) is 8.15. The molecule has 1 aromatic carbocycles. The third-order valence-electron chi connectivity index (χ3n) is 5.24. The van der Waals surface area contributed by atoms with E-state index in [4.69, 9.17) is 49.7 Å². The van der Waals surface area contributed by atoms with Gasteiger partial charge in [0.15, 0.2) is 5.78 Å². The third-order valence-corrected chi connectivity index (χ3v) is 6.05. The highest BCUT2D eigenvalue weighted by atomic mass is 35.5. The van der Waals surface area contributed by atoms with E-state index < -0.39 is 5.92 Å². The Hall–Kier alpha value is -2.39. The van der Waals surface area contributed by atoms with Crippen LogP contribution in [0.1, 0.15) is 38.4 Å². The van der Waals surface area contributed by atoms with E-state index in [-0.39, 0.29) is 22.7 Å². The monoisotopic (exact) mass is 462 g/mol. The highest BCUT2D eigenvalue weighted by Gasteiger charge is 2.44. The van der Waals surface area contributed by atoms with E-state index in [0.29, 0.717) is 56.3 Å². The van der Waals surface area contributed by atoms with Crippen LogP contribution in [0.5, 0.6) is 0 Å². The molecular formula is C22H17Cl3N2O3. The minimum absolute atomic E-state index is 0.0211. The van der Waals surface area contributed by atoms with Gasteiger partial charge in [0, 0.05) is 23.4 Å². The van der Waals surface area contributed by atoms with Gasteiger partial charge < -0.3 is 14.9 Å². The van der Waals surface area contributed by atoms with Crippen molar-refractivity contribution in [2.24, 2.45) is 11.1 Å². The molecule has 0 radical (unpaired) electrons. The quantitative estimate of drug-likeness (QED) is 0.560. The second-order valence-corrected chi connectivity index (χ2v) is 9.40. The number of Topliss-reactive ketones (excluding diaryl/α,β-unsaturated/α-hetero) is 1. The lowest BCUT2D eigenvalue weighted by atomic mass is 9.71. The van der Waals surface area contributed by atoms with Crippen LogP contribution >= 0.6 is 34.8 Å². The molecule has 2 N–H and O–H groups in total. The van der Waals surface area contributed by atoms with Crippen molar-refractivity contribution in [1.82, 2.24) is 0 Å². The largest absolute Gasteiger partial charge is 0.460 e. The van der Waals surface area contributed by atoms with Crippen LogP contribution in [0.3, 0.4) is 0 Å². The highest BCUT2D eigenvalue weighted by molar-refractivity contribution is 6.41. The Morgan fingerprint density at radius 3 is 2.47 bits per heavy atom. The minimum atomic E-state index is -0.749. The molecule has 0 saturated carbocycles. The van der Waals surface area contributed by atoms with Gasteiger partial charge in [-0.2, -0.15) is 5.26 Å². The SMILES string of the molecule is CC1(C)CC(=O)C2=C(C1)OC(N)=C(C#N)[C@H]2c1ccc(-c2c(Cl)cc(Cl)cc2Cl)o1. The number of allylic oxidation sites excluding steroid dienone is 3. The maximum atomic E-state index is 13.0. The van der Waals surface area contributed by atoms with Gasteiger partial charge in [-0.25, -0.2) is 0 Å². The zero-order valence-corrected chi connectivity index (χ0v) is 18.5. The fraction of sp³-hybridized carbons (Fsp3) is 0.273. The molecule has 0 bridgehead atoms. The van der Waals surface area contributed by atoms with Crippen molar-refractivity contribution in [2.75, 3.05) is 0 Å². The topological polar surface area (TPSA) is 89.2 Å². The molecule has 0 unspecified atom stereocenters. The van der Waals surface area contributed by atoms with E-state index in [9.17, 15) is 10.1 Å². The number of nitriles is 1. The van der Waals surface area contributed by atoms with Crippen LogP contribution in [0.25, 0.3) is 11.3 Å². The van der Waals surface area contributed by atoms with E-state index in [1.807, 2.05) is 13.8 Å². The van der Waals surface area contributed by atoms with Crippen LogP contribution in [0, 0.1) is 16.7 Å². The lowest BCUT2D eigenvalue weighted by Crippen LogP contribution is -2.33. The summed E-state index contributed by atoms with van der Waals surface area (Å²) in [5.41, 5.74) is 6.79. The van der Waals surface area contributed by atoms with Gasteiger partial charge in [-0.15, -0.1) is 0 Å². The number of rotatable bonds is 2. The normalized spacial score (nSPS) is 20.7. The molecule has 0 spiro atoms. The average Bonchev–Trinajstić information content (AvgIpc) is 3.07. The van der Waals surface area contributed by atoms with Crippen molar-refractivity contribution >= 4 is 40.6 Å². The number of nitrogens with two attached hydrogens (primary N) is 1. The minimum Gasteiger partial charge on any atom is -0.460 e. The molecule has 2 aliphatic rings. The number of carbonyl (C=O) groups is 1. The van der Waals surface area contributed by atoms with Gasteiger partial charge in [-0.05, 0) is 29.7 Å². The molecule has 0 fully saturated rings. The standard InChI is InChI=1S/C22H17Cl3N2O3/c1-22(2)7-14(28)20-17(8-22)30-21(27)11(9-26)18(20)15-3-4-16(29-15)19-12(24)5-10(23)6-13(19)25/h3-6,18H,7-8,27H2,1-2H3/t18-/m0/s1. The molecule has 30 heavy (non-hydrogen) atoms. The van der Waals surface area contributed by atoms with Crippen LogP contribution in [0.4, 0.5) is 0 Å². The zero-order chi connectivity index (χ0) is 21.8. The first-order valence-corrected chi connectivity index (χ1v) is 10.3. The van der Waals surface area contributed by atoms with Crippen LogP contribution in [-0.2, 0) is 9.53 Å². The zero-order valence-electron chi connectivity index (χ0n) is 16.2. The Balaban J connectivity index is 1.85. The fourth-order valence-electron chi connectivity index (χ4n) is 3.99. The Morgan fingerprint density at radius 1 is 1.17 bits per heavy atom. The van der Waals surface area contributed by atoms with Crippen molar-refractivity contribution in [3.63, 3.8) is 0 Å². The highest BCUT2D eigenvalue weighted by Crippen LogP contribution is 2.49. The molecule has 8 heteroatoms. The molecule has 0 saturated heterocycles. The van der Waals surface area contributed by atoms with Gasteiger partial charge in [0.2, 0.25) is 5.88 Å². The van der Waals surface area contributed by atoms with Gasteiger partial charge in [-0.1, -0.05) is 48.7 Å². The van der Waals surface area contributed by atoms with Gasteiger partial charge >= 0.3 is 0 Å². The second kappa shape index (κ2) is 7.39. The Labute approximate surface area is 188 Å². The van der Waals surface area contributed by atoms with Gasteiger partial charge in [0.25, 0.3) is 0 Å². The molecule has 2 heterocycles.